The number of aromatic nitrogens is 4. The van der Waals surface area contributed by atoms with Crippen molar-refractivity contribution >= 4 is 28.8 Å². The van der Waals surface area contributed by atoms with Crippen molar-refractivity contribution in [2.45, 2.75) is 45.8 Å². The molecule has 38 heavy (non-hydrogen) atoms. The van der Waals surface area contributed by atoms with Crippen LogP contribution in [0.25, 0.3) is 10.7 Å². The maximum atomic E-state index is 13.9. The van der Waals surface area contributed by atoms with E-state index in [1.807, 2.05) is 45.2 Å². The van der Waals surface area contributed by atoms with Crippen LogP contribution in [0.15, 0.2) is 66.0 Å². The van der Waals surface area contributed by atoms with E-state index in [9.17, 15) is 14.0 Å². The van der Waals surface area contributed by atoms with Gasteiger partial charge in [-0.2, -0.15) is 4.80 Å². The number of carbonyl (C=O) groups excluding carboxylic acids is 2. The molecule has 2 amide bonds. The number of ether oxygens (including phenoxy) is 1. The van der Waals surface area contributed by atoms with E-state index in [4.69, 9.17) is 4.74 Å². The Morgan fingerprint density at radius 1 is 1.11 bits per heavy atom. The summed E-state index contributed by atoms with van der Waals surface area (Å²) in [5.41, 5.74) is 0.322. The van der Waals surface area contributed by atoms with Crippen molar-refractivity contribution in [3.8, 4) is 16.5 Å². The Hall–Kier alpha value is -4.12. The minimum absolute atomic E-state index is 0.272. The van der Waals surface area contributed by atoms with Crippen LogP contribution in [0.5, 0.6) is 5.75 Å². The van der Waals surface area contributed by atoms with Crippen molar-refractivity contribution in [1.29, 1.82) is 0 Å². The molecule has 0 radical (unpaired) electrons. The first-order valence-corrected chi connectivity index (χ1v) is 13.0. The molecule has 0 saturated heterocycles. The zero-order valence-electron chi connectivity index (χ0n) is 21.6. The molecule has 0 fully saturated rings. The van der Waals surface area contributed by atoms with E-state index in [1.54, 1.807) is 24.3 Å². The van der Waals surface area contributed by atoms with Gasteiger partial charge in [0.15, 0.2) is 0 Å². The number of anilines is 1. The molecule has 0 bridgehead atoms. The van der Waals surface area contributed by atoms with Crippen LogP contribution < -0.4 is 15.0 Å². The number of nitrogens with one attached hydrogen (secondary N) is 1. The summed E-state index contributed by atoms with van der Waals surface area (Å²) in [7, 11) is 0. The third kappa shape index (κ3) is 6.60. The summed E-state index contributed by atoms with van der Waals surface area (Å²) in [6, 6.07) is 15.0. The highest BCUT2D eigenvalue weighted by atomic mass is 32.1. The van der Waals surface area contributed by atoms with Crippen molar-refractivity contribution < 1.29 is 18.7 Å². The number of nitrogens with zero attached hydrogens (tertiary/aromatic N) is 5. The molecule has 0 aliphatic carbocycles. The molecule has 4 rings (SSSR count). The average molecular weight is 537 g/mol. The first-order chi connectivity index (χ1) is 18.1. The predicted molar refractivity (Wildman–Crippen MR) is 143 cm³/mol. The minimum atomic E-state index is -1.10. The van der Waals surface area contributed by atoms with Gasteiger partial charge in [-0.15, -0.1) is 21.5 Å². The fourth-order valence-electron chi connectivity index (χ4n) is 3.82. The SMILES string of the molecule is CCOc1ccc(N(C(=O)Cn2nnc(-c3cccs3)n2)C(C(=O)NC(C)(C)C)c2ccc(F)cc2)cc1. The Bertz CT molecular complexity index is 1370. The molecule has 2 aromatic carbocycles. The topological polar surface area (TPSA) is 102 Å². The molecule has 4 aromatic rings. The number of rotatable bonds is 9. The Morgan fingerprint density at radius 3 is 2.42 bits per heavy atom. The Balaban J connectivity index is 1.75. The number of thiophene rings is 1. The van der Waals surface area contributed by atoms with Crippen molar-refractivity contribution in [2.75, 3.05) is 11.5 Å². The molecule has 1 unspecified atom stereocenters. The van der Waals surface area contributed by atoms with E-state index < -0.39 is 29.2 Å². The zero-order chi connectivity index (χ0) is 27.3. The van der Waals surface area contributed by atoms with Crippen molar-refractivity contribution in [3.05, 3.63) is 77.4 Å². The Kier molecular flexibility index (Phi) is 8.16. The van der Waals surface area contributed by atoms with Crippen LogP contribution in [-0.2, 0) is 16.1 Å². The van der Waals surface area contributed by atoms with Gasteiger partial charge in [0.25, 0.3) is 5.91 Å². The van der Waals surface area contributed by atoms with Crippen molar-refractivity contribution in [1.82, 2.24) is 25.5 Å². The Morgan fingerprint density at radius 2 is 1.82 bits per heavy atom. The second kappa shape index (κ2) is 11.5. The largest absolute Gasteiger partial charge is 0.494 e. The zero-order valence-corrected chi connectivity index (χ0v) is 22.4. The fourth-order valence-corrected chi connectivity index (χ4v) is 4.47. The van der Waals surface area contributed by atoms with Gasteiger partial charge in [0.1, 0.15) is 24.2 Å². The van der Waals surface area contributed by atoms with Crippen LogP contribution in [0.3, 0.4) is 0 Å². The highest BCUT2D eigenvalue weighted by Crippen LogP contribution is 2.31. The smallest absolute Gasteiger partial charge is 0.251 e. The maximum Gasteiger partial charge on any atom is 0.251 e. The number of tetrazole rings is 1. The second-order valence-electron chi connectivity index (χ2n) is 9.50. The second-order valence-corrected chi connectivity index (χ2v) is 10.5. The quantitative estimate of drug-likeness (QED) is 0.335. The lowest BCUT2D eigenvalue weighted by Gasteiger charge is -2.33. The summed E-state index contributed by atoms with van der Waals surface area (Å²) < 4.78 is 19.4. The van der Waals surface area contributed by atoms with E-state index >= 15 is 0 Å². The summed E-state index contributed by atoms with van der Waals surface area (Å²) in [6.07, 6.45) is 0. The standard InChI is InChI=1S/C27H29FN6O3S/c1-5-37-21-14-12-20(13-15-21)34(23(35)17-33-31-25(30-32-33)22-7-6-16-38-22)24(26(36)29-27(2,3)4)18-8-10-19(28)11-9-18/h6-16,24H,5,17H2,1-4H3,(H,29,36). The lowest BCUT2D eigenvalue weighted by atomic mass is 10.0. The van der Waals surface area contributed by atoms with Crippen LogP contribution in [-0.4, -0.2) is 44.2 Å². The third-order valence-electron chi connectivity index (χ3n) is 5.36. The monoisotopic (exact) mass is 536 g/mol. The van der Waals surface area contributed by atoms with Crippen LogP contribution in [0.2, 0.25) is 0 Å². The van der Waals surface area contributed by atoms with Gasteiger partial charge in [-0.1, -0.05) is 18.2 Å². The molecule has 198 valence electrons. The molecule has 0 aliphatic rings. The highest BCUT2D eigenvalue weighted by Gasteiger charge is 2.35. The number of hydrogen-bond donors (Lipinski definition) is 1. The molecule has 2 aromatic heterocycles. The van der Waals surface area contributed by atoms with E-state index in [-0.39, 0.29) is 6.54 Å². The molecule has 0 aliphatic heterocycles. The van der Waals surface area contributed by atoms with Gasteiger partial charge >= 0.3 is 0 Å². The van der Waals surface area contributed by atoms with Crippen molar-refractivity contribution in [3.63, 3.8) is 0 Å². The van der Waals surface area contributed by atoms with E-state index in [0.29, 0.717) is 29.4 Å². The van der Waals surface area contributed by atoms with E-state index in [2.05, 4.69) is 20.7 Å². The summed E-state index contributed by atoms with van der Waals surface area (Å²) in [4.78, 5) is 30.9. The molecule has 0 saturated carbocycles. The van der Waals surface area contributed by atoms with Gasteiger partial charge in [-0.25, -0.2) is 4.39 Å². The third-order valence-corrected chi connectivity index (χ3v) is 6.22. The maximum absolute atomic E-state index is 13.9. The summed E-state index contributed by atoms with van der Waals surface area (Å²) >= 11 is 1.46. The molecule has 1 N–H and O–H groups in total. The molecule has 11 heteroatoms. The number of hydrogen-bond acceptors (Lipinski definition) is 7. The van der Waals surface area contributed by atoms with Crippen LogP contribution in [0.1, 0.15) is 39.3 Å². The summed E-state index contributed by atoms with van der Waals surface area (Å²) in [6.45, 7) is 7.63. The number of benzene rings is 2. The molecular formula is C27H29FN6O3S. The molecule has 1 atom stereocenters. The van der Waals surface area contributed by atoms with Gasteiger partial charge in [0.2, 0.25) is 11.7 Å². The minimum Gasteiger partial charge on any atom is -0.494 e. The van der Waals surface area contributed by atoms with Gasteiger partial charge < -0.3 is 10.1 Å². The summed E-state index contributed by atoms with van der Waals surface area (Å²) in [5.74, 6) is -0.295. The first kappa shape index (κ1) is 26.9. The normalized spacial score (nSPS) is 12.1. The fraction of sp³-hybridized carbons (Fsp3) is 0.296. The van der Waals surface area contributed by atoms with Gasteiger partial charge in [0.05, 0.1) is 11.5 Å². The number of halogens is 1. The number of carbonyl (C=O) groups is 2. The molecule has 9 nitrogen and oxygen atoms in total. The molecule has 2 heterocycles. The molecular weight excluding hydrogens is 507 g/mol. The van der Waals surface area contributed by atoms with Gasteiger partial charge in [-0.3, -0.25) is 14.5 Å². The average Bonchev–Trinajstić information content (AvgIpc) is 3.55. The van der Waals surface area contributed by atoms with Crippen LogP contribution in [0, 0.1) is 5.82 Å². The van der Waals surface area contributed by atoms with Crippen LogP contribution >= 0.6 is 11.3 Å². The van der Waals surface area contributed by atoms with Crippen LogP contribution in [0.4, 0.5) is 10.1 Å². The van der Waals surface area contributed by atoms with Crippen molar-refractivity contribution in [2.24, 2.45) is 0 Å². The van der Waals surface area contributed by atoms with E-state index in [1.165, 1.54) is 45.3 Å². The first-order valence-electron chi connectivity index (χ1n) is 12.1. The van der Waals surface area contributed by atoms with Gasteiger partial charge in [-0.05, 0) is 86.3 Å². The molecule has 0 spiro atoms. The highest BCUT2D eigenvalue weighted by molar-refractivity contribution is 7.13. The summed E-state index contributed by atoms with van der Waals surface area (Å²) in [5, 5.41) is 17.3. The lowest BCUT2D eigenvalue weighted by Crippen LogP contribution is -2.50. The number of amides is 2. The lowest BCUT2D eigenvalue weighted by molar-refractivity contribution is -0.128. The van der Waals surface area contributed by atoms with Gasteiger partial charge in [0, 0.05) is 11.2 Å². The Labute approximate surface area is 224 Å². The van der Waals surface area contributed by atoms with E-state index in [0.717, 1.165) is 4.88 Å². The predicted octanol–water partition coefficient (Wildman–Crippen LogP) is 4.63.